The summed E-state index contributed by atoms with van der Waals surface area (Å²) in [6.45, 7) is 3.89. The van der Waals surface area contributed by atoms with Gasteiger partial charge in [-0.15, -0.1) is 0 Å². The van der Waals surface area contributed by atoms with Gasteiger partial charge in [0.15, 0.2) is 5.78 Å². The lowest BCUT2D eigenvalue weighted by Gasteiger charge is -2.35. The minimum atomic E-state index is -0.919. The number of nitrogens with zero attached hydrogens (tertiary/aromatic N) is 1. The number of carbonyl (C=O) groups excluding carboxylic acids is 1. The SMILES string of the molecule is CC1(C)CC(=O)C2=C(C1)OC(N)=C([N+](=O)[O-])C2c1ccco1. The van der Waals surface area contributed by atoms with Crippen molar-refractivity contribution in [1.82, 2.24) is 0 Å². The Morgan fingerprint density at radius 2 is 2.14 bits per heavy atom. The van der Waals surface area contributed by atoms with Crippen molar-refractivity contribution in [3.05, 3.63) is 57.2 Å². The first-order valence-electron chi connectivity index (χ1n) is 6.92. The van der Waals surface area contributed by atoms with Gasteiger partial charge in [-0.2, -0.15) is 0 Å². The third kappa shape index (κ3) is 2.18. The van der Waals surface area contributed by atoms with Gasteiger partial charge in [0.1, 0.15) is 17.4 Å². The molecule has 0 saturated heterocycles. The zero-order valence-electron chi connectivity index (χ0n) is 12.3. The van der Waals surface area contributed by atoms with Crippen molar-refractivity contribution in [1.29, 1.82) is 0 Å². The highest BCUT2D eigenvalue weighted by atomic mass is 16.6. The predicted octanol–water partition coefficient (Wildman–Crippen LogP) is 2.44. The standard InChI is InChI=1S/C15H16N2O5/c1-15(2)6-8(18)11-10(7-15)22-14(16)13(17(19)20)12(11)9-4-3-5-21-9/h3-5,12H,6-7,16H2,1-2H3. The van der Waals surface area contributed by atoms with Crippen LogP contribution in [0.25, 0.3) is 0 Å². The zero-order chi connectivity index (χ0) is 16.1. The summed E-state index contributed by atoms with van der Waals surface area (Å²) < 4.78 is 10.7. The van der Waals surface area contributed by atoms with E-state index in [0.717, 1.165) is 0 Å². The van der Waals surface area contributed by atoms with Gasteiger partial charge >= 0.3 is 5.70 Å². The summed E-state index contributed by atoms with van der Waals surface area (Å²) in [5.74, 6) is -0.642. The number of furan rings is 1. The maximum absolute atomic E-state index is 12.6. The van der Waals surface area contributed by atoms with E-state index < -0.39 is 10.8 Å². The number of carbonyl (C=O) groups is 1. The Kier molecular flexibility index (Phi) is 3.09. The van der Waals surface area contributed by atoms with Crippen LogP contribution in [0.1, 0.15) is 38.4 Å². The fourth-order valence-corrected chi connectivity index (χ4v) is 3.08. The van der Waals surface area contributed by atoms with Crippen LogP contribution in [-0.4, -0.2) is 10.7 Å². The average molecular weight is 304 g/mol. The number of ketones is 1. The van der Waals surface area contributed by atoms with Crippen LogP contribution >= 0.6 is 0 Å². The van der Waals surface area contributed by atoms with Crippen molar-refractivity contribution in [2.45, 2.75) is 32.6 Å². The summed E-state index contributed by atoms with van der Waals surface area (Å²) in [6, 6.07) is 3.22. The van der Waals surface area contributed by atoms with E-state index in [9.17, 15) is 14.9 Å². The van der Waals surface area contributed by atoms with E-state index in [0.29, 0.717) is 24.4 Å². The maximum Gasteiger partial charge on any atom is 0.320 e. The molecule has 116 valence electrons. The van der Waals surface area contributed by atoms with Crippen molar-refractivity contribution < 1.29 is 18.9 Å². The van der Waals surface area contributed by atoms with Crippen LogP contribution in [0.5, 0.6) is 0 Å². The second kappa shape index (κ2) is 4.72. The highest BCUT2D eigenvalue weighted by Crippen LogP contribution is 2.48. The highest BCUT2D eigenvalue weighted by molar-refractivity contribution is 5.99. The van der Waals surface area contributed by atoms with Gasteiger partial charge < -0.3 is 14.9 Å². The number of hydrogen-bond acceptors (Lipinski definition) is 6. The van der Waals surface area contributed by atoms with E-state index in [2.05, 4.69) is 0 Å². The van der Waals surface area contributed by atoms with Gasteiger partial charge in [0, 0.05) is 12.8 Å². The molecule has 1 aromatic rings. The van der Waals surface area contributed by atoms with E-state index in [1.807, 2.05) is 13.8 Å². The first-order chi connectivity index (χ1) is 10.3. The topological polar surface area (TPSA) is 109 Å². The van der Waals surface area contributed by atoms with Crippen LogP contribution in [0.4, 0.5) is 0 Å². The van der Waals surface area contributed by atoms with Gasteiger partial charge in [-0.05, 0) is 17.5 Å². The molecule has 2 heterocycles. The quantitative estimate of drug-likeness (QED) is 0.664. The largest absolute Gasteiger partial charge is 0.468 e. The molecule has 7 nitrogen and oxygen atoms in total. The monoisotopic (exact) mass is 304 g/mol. The Morgan fingerprint density at radius 3 is 2.73 bits per heavy atom. The van der Waals surface area contributed by atoms with Crippen LogP contribution in [0, 0.1) is 15.5 Å². The van der Waals surface area contributed by atoms with Crippen LogP contribution in [0.15, 0.2) is 45.7 Å². The molecule has 3 rings (SSSR count). The molecular weight excluding hydrogens is 288 g/mol. The van der Waals surface area contributed by atoms with Crippen LogP contribution in [-0.2, 0) is 9.53 Å². The molecular formula is C15H16N2O5. The smallest absolute Gasteiger partial charge is 0.320 e. The first kappa shape index (κ1) is 14.4. The zero-order valence-corrected chi connectivity index (χ0v) is 12.3. The van der Waals surface area contributed by atoms with E-state index in [1.54, 1.807) is 12.1 Å². The van der Waals surface area contributed by atoms with Gasteiger partial charge in [-0.3, -0.25) is 14.9 Å². The maximum atomic E-state index is 12.6. The Bertz CT molecular complexity index is 712. The summed E-state index contributed by atoms with van der Waals surface area (Å²) in [5.41, 5.74) is 5.42. The van der Waals surface area contributed by atoms with Gasteiger partial charge in [0.05, 0.1) is 16.8 Å². The van der Waals surface area contributed by atoms with Crippen molar-refractivity contribution in [2.24, 2.45) is 11.1 Å². The van der Waals surface area contributed by atoms with Crippen molar-refractivity contribution in [2.75, 3.05) is 0 Å². The molecule has 7 heteroatoms. The molecule has 0 bridgehead atoms. The van der Waals surface area contributed by atoms with Crippen molar-refractivity contribution in [3.63, 3.8) is 0 Å². The molecule has 22 heavy (non-hydrogen) atoms. The lowest BCUT2D eigenvalue weighted by Crippen LogP contribution is -2.35. The molecule has 1 atom stereocenters. The molecule has 2 aliphatic rings. The van der Waals surface area contributed by atoms with Crippen LogP contribution < -0.4 is 5.73 Å². The Labute approximate surface area is 126 Å². The third-order valence-electron chi connectivity index (χ3n) is 3.95. The molecule has 0 spiro atoms. The number of Topliss-reactive ketones (excluding diaryl/α,β-unsaturated/α-hetero) is 1. The minimum absolute atomic E-state index is 0.167. The normalized spacial score (nSPS) is 24.1. The van der Waals surface area contributed by atoms with E-state index in [4.69, 9.17) is 14.9 Å². The molecule has 0 aromatic carbocycles. The molecule has 1 unspecified atom stereocenters. The molecule has 2 N–H and O–H groups in total. The number of allylic oxidation sites excluding steroid dienone is 2. The Hall–Kier alpha value is -2.57. The molecule has 0 radical (unpaired) electrons. The highest BCUT2D eigenvalue weighted by Gasteiger charge is 2.48. The van der Waals surface area contributed by atoms with Gasteiger partial charge in [0.25, 0.3) is 5.88 Å². The first-order valence-corrected chi connectivity index (χ1v) is 6.92. The fourth-order valence-electron chi connectivity index (χ4n) is 3.08. The van der Waals surface area contributed by atoms with E-state index in [-0.39, 0.29) is 28.4 Å². The lowest BCUT2D eigenvalue weighted by atomic mass is 9.72. The number of ether oxygens (including phenoxy) is 1. The van der Waals surface area contributed by atoms with E-state index >= 15 is 0 Å². The second-order valence-corrected chi connectivity index (χ2v) is 6.33. The Balaban J connectivity index is 2.18. The molecule has 1 aromatic heterocycles. The molecule has 0 fully saturated rings. The number of nitrogens with two attached hydrogens (primary N) is 1. The molecule has 1 aliphatic carbocycles. The number of rotatable bonds is 2. The summed E-state index contributed by atoms with van der Waals surface area (Å²) in [4.78, 5) is 23.3. The molecule has 0 saturated carbocycles. The number of nitro groups is 1. The average Bonchev–Trinajstić information content (AvgIpc) is 2.88. The van der Waals surface area contributed by atoms with Crippen LogP contribution in [0.3, 0.4) is 0 Å². The van der Waals surface area contributed by atoms with Crippen molar-refractivity contribution >= 4 is 5.78 Å². The number of hydrogen-bond donors (Lipinski definition) is 1. The summed E-state index contributed by atoms with van der Waals surface area (Å²) >= 11 is 0. The van der Waals surface area contributed by atoms with Gasteiger partial charge in [0.2, 0.25) is 0 Å². The summed E-state index contributed by atoms with van der Waals surface area (Å²) in [7, 11) is 0. The summed E-state index contributed by atoms with van der Waals surface area (Å²) in [5, 5.41) is 11.4. The third-order valence-corrected chi connectivity index (χ3v) is 3.95. The second-order valence-electron chi connectivity index (χ2n) is 6.33. The van der Waals surface area contributed by atoms with Gasteiger partial charge in [-0.1, -0.05) is 13.8 Å². The Morgan fingerprint density at radius 1 is 1.41 bits per heavy atom. The van der Waals surface area contributed by atoms with E-state index in [1.165, 1.54) is 6.26 Å². The lowest BCUT2D eigenvalue weighted by molar-refractivity contribution is -0.433. The predicted molar refractivity (Wildman–Crippen MR) is 75.8 cm³/mol. The molecule has 1 aliphatic heterocycles. The van der Waals surface area contributed by atoms with Gasteiger partial charge in [-0.25, -0.2) is 0 Å². The summed E-state index contributed by atoms with van der Waals surface area (Å²) in [6.07, 6.45) is 2.21. The molecule has 0 amide bonds. The van der Waals surface area contributed by atoms with Crippen LogP contribution in [0.2, 0.25) is 0 Å². The minimum Gasteiger partial charge on any atom is -0.468 e. The fraction of sp³-hybridized carbons (Fsp3) is 0.400. The van der Waals surface area contributed by atoms with Crippen molar-refractivity contribution in [3.8, 4) is 0 Å².